The quantitative estimate of drug-likeness (QED) is 0.335. The van der Waals surface area contributed by atoms with E-state index in [1.165, 1.54) is 0 Å². The molecule has 0 atom stereocenters. The third-order valence-corrected chi connectivity index (χ3v) is 3.60. The van der Waals surface area contributed by atoms with Crippen LogP contribution in [0, 0.1) is 29.1 Å². The summed E-state index contributed by atoms with van der Waals surface area (Å²) in [5, 5.41) is 8.01. The fraction of sp³-hybridized carbons (Fsp3) is 0. The predicted molar refractivity (Wildman–Crippen MR) is 78.1 cm³/mol. The van der Waals surface area contributed by atoms with E-state index in [-0.39, 0.29) is 10.6 Å². The highest BCUT2D eigenvalue weighted by Gasteiger charge is 2.26. The van der Waals surface area contributed by atoms with Crippen molar-refractivity contribution in [2.75, 3.05) is 0 Å². The molecule has 0 bridgehead atoms. The van der Waals surface area contributed by atoms with Gasteiger partial charge in [0.1, 0.15) is 5.03 Å². The summed E-state index contributed by atoms with van der Waals surface area (Å²) in [5.74, 6) is -12.0. The Kier molecular flexibility index (Phi) is 5.15. The van der Waals surface area contributed by atoms with Crippen LogP contribution in [0.4, 0.5) is 22.0 Å². The average molecular weight is 383 g/mol. The Labute approximate surface area is 141 Å². The van der Waals surface area contributed by atoms with Crippen molar-refractivity contribution in [1.82, 2.24) is 0 Å². The molecule has 0 aliphatic carbocycles. The highest BCUT2D eigenvalue weighted by atomic mass is 35.5. The molecule has 2 aromatic rings. The summed E-state index contributed by atoms with van der Waals surface area (Å²) in [5.41, 5.74) is -1.64. The smallest absolute Gasteiger partial charge is 0.347 e. The van der Waals surface area contributed by atoms with Crippen LogP contribution < -0.4 is 0 Å². The average Bonchev–Trinajstić information content (AvgIpc) is 2.54. The van der Waals surface area contributed by atoms with Gasteiger partial charge in [-0.05, 0) is 29.3 Å². The Balaban J connectivity index is 2.72. The molecular weight excluding hydrogens is 378 g/mol. The van der Waals surface area contributed by atoms with Crippen LogP contribution in [0.1, 0.15) is 5.56 Å². The van der Waals surface area contributed by atoms with Gasteiger partial charge in [-0.15, -0.1) is 0 Å². The number of carboxylic acids is 1. The van der Waals surface area contributed by atoms with E-state index in [1.54, 1.807) is 0 Å². The minimum Gasteiger partial charge on any atom is -0.477 e. The number of benzene rings is 2. The van der Waals surface area contributed by atoms with Crippen molar-refractivity contribution in [3.63, 3.8) is 0 Å². The molecular formula is C15H5Cl2F5O2. The molecule has 9 heteroatoms. The molecule has 24 heavy (non-hydrogen) atoms. The van der Waals surface area contributed by atoms with Crippen molar-refractivity contribution in [3.8, 4) is 11.1 Å². The summed E-state index contributed by atoms with van der Waals surface area (Å²) < 4.78 is 67.3. The lowest BCUT2D eigenvalue weighted by molar-refractivity contribution is -0.131. The van der Waals surface area contributed by atoms with Crippen molar-refractivity contribution in [2.24, 2.45) is 0 Å². The normalized spacial score (nSPS) is 11.7. The highest BCUT2D eigenvalue weighted by molar-refractivity contribution is 6.43. The number of halogens is 7. The van der Waals surface area contributed by atoms with Crippen molar-refractivity contribution in [1.29, 1.82) is 0 Å². The fourth-order valence-electron chi connectivity index (χ4n) is 1.87. The van der Waals surface area contributed by atoms with Gasteiger partial charge in [0, 0.05) is 5.02 Å². The maximum absolute atomic E-state index is 13.8. The molecule has 0 heterocycles. The number of carboxylic acid groups (broad SMARTS) is 1. The molecule has 0 aromatic heterocycles. The van der Waals surface area contributed by atoms with Crippen molar-refractivity contribution in [3.05, 3.63) is 62.9 Å². The maximum Gasteiger partial charge on any atom is 0.347 e. The second-order valence-electron chi connectivity index (χ2n) is 4.48. The molecule has 0 aliphatic rings. The maximum atomic E-state index is 13.8. The highest BCUT2D eigenvalue weighted by Crippen LogP contribution is 2.34. The van der Waals surface area contributed by atoms with Gasteiger partial charge in [-0.1, -0.05) is 29.3 Å². The number of hydrogen-bond acceptors (Lipinski definition) is 1. The van der Waals surface area contributed by atoms with Gasteiger partial charge < -0.3 is 5.11 Å². The van der Waals surface area contributed by atoms with Gasteiger partial charge in [0.15, 0.2) is 23.3 Å². The first-order chi connectivity index (χ1) is 11.1. The Bertz CT molecular complexity index is 852. The van der Waals surface area contributed by atoms with Gasteiger partial charge in [-0.2, -0.15) is 0 Å². The van der Waals surface area contributed by atoms with Crippen LogP contribution in [-0.2, 0) is 4.79 Å². The molecule has 126 valence electrons. The summed E-state index contributed by atoms with van der Waals surface area (Å²) in [6.07, 6.45) is 0.877. The third-order valence-electron chi connectivity index (χ3n) is 2.98. The Hall–Kier alpha value is -2.12. The largest absolute Gasteiger partial charge is 0.477 e. The first kappa shape index (κ1) is 18.2. The van der Waals surface area contributed by atoms with Gasteiger partial charge in [0.25, 0.3) is 0 Å². The van der Waals surface area contributed by atoms with Gasteiger partial charge in [0.05, 0.1) is 5.56 Å². The Morgan fingerprint density at radius 2 is 1.46 bits per heavy atom. The van der Waals surface area contributed by atoms with Crippen molar-refractivity contribution in [2.45, 2.75) is 0 Å². The molecule has 0 amide bonds. The van der Waals surface area contributed by atoms with E-state index in [9.17, 15) is 26.7 Å². The van der Waals surface area contributed by atoms with E-state index in [4.69, 9.17) is 28.3 Å². The molecule has 0 aliphatic heterocycles. The van der Waals surface area contributed by atoms with Crippen LogP contribution >= 0.6 is 23.2 Å². The van der Waals surface area contributed by atoms with E-state index in [0.717, 1.165) is 24.3 Å². The number of rotatable bonds is 3. The molecule has 0 saturated heterocycles. The molecule has 0 radical (unpaired) electrons. The lowest BCUT2D eigenvalue weighted by Gasteiger charge is -2.10. The summed E-state index contributed by atoms with van der Waals surface area (Å²) in [6, 6.07) is 3.07. The number of carbonyl (C=O) groups is 1. The van der Waals surface area contributed by atoms with Crippen LogP contribution in [-0.4, -0.2) is 11.1 Å². The Morgan fingerprint density at radius 3 is 1.96 bits per heavy atom. The second kappa shape index (κ2) is 6.78. The monoisotopic (exact) mass is 382 g/mol. The summed E-state index contributed by atoms with van der Waals surface area (Å²) in [7, 11) is 0. The second-order valence-corrected chi connectivity index (χ2v) is 5.29. The van der Waals surface area contributed by atoms with E-state index < -0.39 is 51.2 Å². The van der Waals surface area contributed by atoms with E-state index in [1.807, 2.05) is 0 Å². The Morgan fingerprint density at radius 1 is 0.958 bits per heavy atom. The van der Waals surface area contributed by atoms with E-state index in [2.05, 4.69) is 0 Å². The molecule has 2 rings (SSSR count). The molecule has 2 aromatic carbocycles. The summed E-state index contributed by atoms with van der Waals surface area (Å²) in [6.45, 7) is 0. The molecule has 0 saturated carbocycles. The van der Waals surface area contributed by atoms with Crippen LogP contribution in [0.15, 0.2) is 23.2 Å². The van der Waals surface area contributed by atoms with Crippen LogP contribution in [0.3, 0.4) is 0 Å². The number of aliphatic carboxylic acids is 1. The zero-order valence-corrected chi connectivity index (χ0v) is 12.8. The van der Waals surface area contributed by atoms with E-state index in [0.29, 0.717) is 0 Å². The van der Waals surface area contributed by atoms with Gasteiger partial charge >= 0.3 is 5.97 Å². The molecule has 1 N–H and O–H groups in total. The molecule has 0 fully saturated rings. The molecule has 0 spiro atoms. The molecule has 2 nitrogen and oxygen atoms in total. The summed E-state index contributed by atoms with van der Waals surface area (Å²) in [4.78, 5) is 10.7. The zero-order valence-electron chi connectivity index (χ0n) is 11.3. The lowest BCUT2D eigenvalue weighted by Crippen LogP contribution is -2.04. The van der Waals surface area contributed by atoms with Gasteiger partial charge in [0.2, 0.25) is 5.82 Å². The molecule has 0 unspecified atom stereocenters. The van der Waals surface area contributed by atoms with Crippen molar-refractivity contribution >= 4 is 35.2 Å². The predicted octanol–water partition coefficient (Wildman–Crippen LogP) is 5.37. The van der Waals surface area contributed by atoms with Crippen LogP contribution in [0.5, 0.6) is 0 Å². The minimum atomic E-state index is -2.28. The SMILES string of the molecule is O=C(O)/C(Cl)=C/c1cc(-c2c(F)c(F)c(F)c(F)c2F)ccc1Cl. The van der Waals surface area contributed by atoms with Crippen LogP contribution in [0.25, 0.3) is 17.2 Å². The van der Waals surface area contributed by atoms with Gasteiger partial charge in [-0.25, -0.2) is 26.7 Å². The first-order valence-electron chi connectivity index (χ1n) is 6.07. The standard InChI is InChI=1S/C15H5Cl2F5O2/c16-7-2-1-5(3-6(7)4-8(17)15(23)24)9-10(18)12(20)14(22)13(21)11(9)19/h1-4H,(H,23,24)/b8-4-. The number of hydrogen-bond donors (Lipinski definition) is 1. The van der Waals surface area contributed by atoms with Crippen molar-refractivity contribution < 1.29 is 31.9 Å². The first-order valence-corrected chi connectivity index (χ1v) is 6.82. The zero-order chi connectivity index (χ0) is 18.2. The summed E-state index contributed by atoms with van der Waals surface area (Å²) >= 11 is 11.2. The van der Waals surface area contributed by atoms with Gasteiger partial charge in [-0.3, -0.25) is 0 Å². The lowest BCUT2D eigenvalue weighted by atomic mass is 10.0. The minimum absolute atomic E-state index is 0.0398. The topological polar surface area (TPSA) is 37.3 Å². The van der Waals surface area contributed by atoms with E-state index >= 15 is 0 Å². The van der Waals surface area contributed by atoms with Crippen LogP contribution in [0.2, 0.25) is 5.02 Å². The third kappa shape index (κ3) is 3.22. The fourth-order valence-corrected chi connectivity index (χ4v) is 2.16.